The first-order valence-corrected chi connectivity index (χ1v) is 10.4. The van der Waals surface area contributed by atoms with Gasteiger partial charge in [0.15, 0.2) is 5.78 Å². The van der Waals surface area contributed by atoms with Crippen molar-refractivity contribution in [2.75, 3.05) is 31.1 Å². The van der Waals surface area contributed by atoms with Gasteiger partial charge in [-0.05, 0) is 65.8 Å². The van der Waals surface area contributed by atoms with Crippen LogP contribution in [-0.4, -0.2) is 42.8 Å². The van der Waals surface area contributed by atoms with E-state index < -0.39 is 0 Å². The van der Waals surface area contributed by atoms with E-state index in [0.29, 0.717) is 18.7 Å². The molecule has 0 unspecified atom stereocenters. The molecule has 3 rings (SSSR count). The Kier molecular flexibility index (Phi) is 6.52. The van der Waals surface area contributed by atoms with Gasteiger partial charge in [-0.3, -0.25) is 9.59 Å². The lowest BCUT2D eigenvalue weighted by Gasteiger charge is -2.37. The lowest BCUT2D eigenvalue weighted by Crippen LogP contribution is -2.49. The normalized spacial score (nSPS) is 14.3. The van der Waals surface area contributed by atoms with Crippen LogP contribution in [0.15, 0.2) is 42.5 Å². The zero-order valence-corrected chi connectivity index (χ0v) is 18.0. The van der Waals surface area contributed by atoms with Crippen LogP contribution in [0.1, 0.15) is 34.3 Å². The number of amides is 1. The summed E-state index contributed by atoms with van der Waals surface area (Å²) in [5, 5.41) is 0. The Morgan fingerprint density at radius 2 is 1.59 bits per heavy atom. The molecule has 0 aliphatic carbocycles. The van der Waals surface area contributed by atoms with E-state index in [4.69, 9.17) is 0 Å². The van der Waals surface area contributed by atoms with Gasteiger partial charge < -0.3 is 9.80 Å². The molecule has 0 aromatic heterocycles. The molecule has 0 radical (unpaired) electrons. The first-order valence-electron chi connectivity index (χ1n) is 9.33. The second kappa shape index (κ2) is 8.87. The van der Waals surface area contributed by atoms with Crippen molar-refractivity contribution in [2.24, 2.45) is 0 Å². The van der Waals surface area contributed by atoms with Gasteiger partial charge in [-0.15, -0.1) is 0 Å². The quantitative estimate of drug-likeness (QED) is 0.480. The monoisotopic (exact) mass is 476 g/mol. The number of carbonyl (C=O) groups excluding carboxylic acids is 2. The van der Waals surface area contributed by atoms with Crippen molar-refractivity contribution in [1.29, 1.82) is 0 Å². The van der Waals surface area contributed by atoms with Gasteiger partial charge in [0.2, 0.25) is 5.91 Å². The van der Waals surface area contributed by atoms with E-state index in [1.54, 1.807) is 0 Å². The van der Waals surface area contributed by atoms with Gasteiger partial charge in [-0.2, -0.15) is 0 Å². The van der Waals surface area contributed by atoms with E-state index in [9.17, 15) is 9.59 Å². The Hall–Kier alpha value is -1.89. The summed E-state index contributed by atoms with van der Waals surface area (Å²) in [6.07, 6.45) is 0.560. The first kappa shape index (κ1) is 19.9. The number of rotatable bonds is 5. The summed E-state index contributed by atoms with van der Waals surface area (Å²) in [5.41, 5.74) is 4.54. The molecule has 4 nitrogen and oxygen atoms in total. The second-order valence-electron chi connectivity index (χ2n) is 7.02. The first-order chi connectivity index (χ1) is 13.0. The van der Waals surface area contributed by atoms with E-state index >= 15 is 0 Å². The van der Waals surface area contributed by atoms with Crippen LogP contribution >= 0.6 is 22.6 Å². The predicted octanol–water partition coefficient (Wildman–Crippen LogP) is 4.22. The highest BCUT2D eigenvalue weighted by atomic mass is 127. The molecular formula is C22H25IN2O2. The van der Waals surface area contributed by atoms with Crippen molar-refractivity contribution in [3.63, 3.8) is 0 Å². The van der Waals surface area contributed by atoms with E-state index in [1.807, 2.05) is 29.2 Å². The highest BCUT2D eigenvalue weighted by Gasteiger charge is 2.22. The third kappa shape index (κ3) is 4.89. The summed E-state index contributed by atoms with van der Waals surface area (Å²) < 4.78 is 1.10. The minimum atomic E-state index is 0.0359. The Bertz CT molecular complexity index is 825. The molecule has 1 heterocycles. The molecule has 1 fully saturated rings. The Morgan fingerprint density at radius 3 is 2.26 bits per heavy atom. The maximum Gasteiger partial charge on any atom is 0.223 e. The largest absolute Gasteiger partial charge is 0.368 e. The number of Topliss-reactive ketones (excluding diaryl/α,β-unsaturated/α-hetero) is 1. The molecule has 0 atom stereocenters. The summed E-state index contributed by atoms with van der Waals surface area (Å²) in [6.45, 7) is 7.37. The summed E-state index contributed by atoms with van der Waals surface area (Å²) in [6, 6.07) is 13.9. The van der Waals surface area contributed by atoms with Crippen molar-refractivity contribution in [2.45, 2.75) is 26.7 Å². The molecule has 2 aromatic rings. The molecule has 1 saturated heterocycles. The Balaban J connectivity index is 1.50. The van der Waals surface area contributed by atoms with Gasteiger partial charge >= 0.3 is 0 Å². The lowest BCUT2D eigenvalue weighted by atomic mass is 10.1. The van der Waals surface area contributed by atoms with Gasteiger partial charge in [0, 0.05) is 53.8 Å². The fourth-order valence-electron chi connectivity index (χ4n) is 3.43. The molecule has 27 heavy (non-hydrogen) atoms. The molecule has 5 heteroatoms. The minimum absolute atomic E-state index is 0.0359. The highest BCUT2D eigenvalue weighted by molar-refractivity contribution is 14.1. The number of nitrogens with zero attached hydrogens (tertiary/aromatic N) is 2. The van der Waals surface area contributed by atoms with Crippen LogP contribution in [0.5, 0.6) is 0 Å². The maximum atomic E-state index is 12.5. The van der Waals surface area contributed by atoms with E-state index in [2.05, 4.69) is 59.5 Å². The van der Waals surface area contributed by atoms with Gasteiger partial charge in [0.25, 0.3) is 0 Å². The third-order valence-corrected chi connectivity index (χ3v) is 6.00. The van der Waals surface area contributed by atoms with Crippen LogP contribution in [0, 0.1) is 17.4 Å². The number of hydrogen-bond acceptors (Lipinski definition) is 3. The SMILES string of the molecule is Cc1cccc(N2CCN(C(=O)CCC(=O)c3ccc(I)cc3)CC2)c1C. The summed E-state index contributed by atoms with van der Waals surface area (Å²) in [7, 11) is 0. The van der Waals surface area contributed by atoms with Crippen LogP contribution in [0.4, 0.5) is 5.69 Å². The highest BCUT2D eigenvalue weighted by Crippen LogP contribution is 2.24. The third-order valence-electron chi connectivity index (χ3n) is 5.28. The molecule has 142 valence electrons. The predicted molar refractivity (Wildman–Crippen MR) is 117 cm³/mol. The number of hydrogen-bond donors (Lipinski definition) is 0. The molecule has 2 aromatic carbocycles. The van der Waals surface area contributed by atoms with Crippen molar-refractivity contribution < 1.29 is 9.59 Å². The molecule has 1 aliphatic heterocycles. The zero-order valence-electron chi connectivity index (χ0n) is 15.9. The van der Waals surface area contributed by atoms with Gasteiger partial charge in [-0.1, -0.05) is 24.3 Å². The maximum absolute atomic E-state index is 12.5. The number of piperazine rings is 1. The lowest BCUT2D eigenvalue weighted by molar-refractivity contribution is -0.131. The number of benzene rings is 2. The zero-order chi connectivity index (χ0) is 19.4. The molecule has 1 amide bonds. The minimum Gasteiger partial charge on any atom is -0.368 e. The van der Waals surface area contributed by atoms with E-state index in [1.165, 1.54) is 16.8 Å². The van der Waals surface area contributed by atoms with Crippen molar-refractivity contribution in [3.8, 4) is 0 Å². The van der Waals surface area contributed by atoms with Crippen LogP contribution < -0.4 is 4.90 Å². The van der Waals surface area contributed by atoms with Crippen LogP contribution in [0.25, 0.3) is 0 Å². The molecular weight excluding hydrogens is 451 g/mol. The van der Waals surface area contributed by atoms with Crippen molar-refractivity contribution >= 4 is 40.0 Å². The average molecular weight is 476 g/mol. The van der Waals surface area contributed by atoms with Crippen LogP contribution in [0.3, 0.4) is 0 Å². The van der Waals surface area contributed by atoms with Crippen LogP contribution in [0.2, 0.25) is 0 Å². The summed E-state index contributed by atoms with van der Waals surface area (Å²) in [4.78, 5) is 29.0. The van der Waals surface area contributed by atoms with Crippen molar-refractivity contribution in [3.05, 3.63) is 62.7 Å². The Morgan fingerprint density at radius 1 is 0.926 bits per heavy atom. The van der Waals surface area contributed by atoms with Crippen LogP contribution in [-0.2, 0) is 4.79 Å². The molecule has 0 N–H and O–H groups in total. The average Bonchev–Trinajstić information content (AvgIpc) is 2.68. The molecule has 1 aliphatic rings. The molecule has 0 spiro atoms. The van der Waals surface area contributed by atoms with Gasteiger partial charge in [0.1, 0.15) is 0 Å². The standard InChI is InChI=1S/C22H25IN2O2/c1-16-4-3-5-20(17(16)2)24-12-14-25(15-13-24)22(27)11-10-21(26)18-6-8-19(23)9-7-18/h3-9H,10-15H2,1-2H3. The van der Waals surface area contributed by atoms with E-state index in [0.717, 1.165) is 16.7 Å². The van der Waals surface area contributed by atoms with E-state index in [-0.39, 0.29) is 24.5 Å². The second-order valence-corrected chi connectivity index (χ2v) is 8.26. The van der Waals surface area contributed by atoms with Crippen molar-refractivity contribution in [1.82, 2.24) is 4.90 Å². The number of aryl methyl sites for hydroxylation is 1. The van der Waals surface area contributed by atoms with Gasteiger partial charge in [-0.25, -0.2) is 0 Å². The summed E-state index contributed by atoms with van der Waals surface area (Å²) >= 11 is 2.21. The number of anilines is 1. The molecule has 0 bridgehead atoms. The number of carbonyl (C=O) groups is 2. The molecule has 0 saturated carbocycles. The topological polar surface area (TPSA) is 40.6 Å². The summed E-state index contributed by atoms with van der Waals surface area (Å²) in [5.74, 6) is 0.114. The Labute approximate surface area is 174 Å². The fourth-order valence-corrected chi connectivity index (χ4v) is 3.79. The number of ketones is 1. The number of halogens is 1. The fraction of sp³-hybridized carbons (Fsp3) is 0.364. The van der Waals surface area contributed by atoms with Gasteiger partial charge in [0.05, 0.1) is 0 Å². The smallest absolute Gasteiger partial charge is 0.223 e.